The summed E-state index contributed by atoms with van der Waals surface area (Å²) in [7, 11) is 0. The van der Waals surface area contributed by atoms with Gasteiger partial charge in [0, 0.05) is 114 Å². The SMILES string of the molecule is CC(CN(CC(N)CCN)CC(CN(CC(N)CCN)CC(N)CCN)NCC(N)CCN)N(CCC(N)CN)CC(N)CCN. The van der Waals surface area contributed by atoms with Crippen molar-refractivity contribution in [2.24, 2.45) is 68.8 Å². The van der Waals surface area contributed by atoms with Crippen molar-refractivity contribution in [3.05, 3.63) is 0 Å². The second kappa shape index (κ2) is 28.2. The minimum atomic E-state index is -0.0667. The van der Waals surface area contributed by atoms with E-state index in [4.69, 9.17) is 68.8 Å². The third kappa shape index (κ3) is 22.8. The molecular formula is C30H78N16. The molecule has 46 heavy (non-hydrogen) atoms. The van der Waals surface area contributed by atoms with Crippen LogP contribution in [0.5, 0.6) is 0 Å². The summed E-state index contributed by atoms with van der Waals surface area (Å²) in [6.07, 6.45) is 4.46. The summed E-state index contributed by atoms with van der Waals surface area (Å²) in [4.78, 5) is 7.17. The van der Waals surface area contributed by atoms with Crippen LogP contribution in [0.4, 0.5) is 0 Å². The molecule has 0 aliphatic carbocycles. The van der Waals surface area contributed by atoms with E-state index in [9.17, 15) is 0 Å². The first-order chi connectivity index (χ1) is 21.9. The molecule has 0 aliphatic heterocycles. The lowest BCUT2D eigenvalue weighted by atomic mass is 10.1. The van der Waals surface area contributed by atoms with Crippen molar-refractivity contribution in [1.29, 1.82) is 0 Å². The highest BCUT2D eigenvalue weighted by Gasteiger charge is 2.26. The fourth-order valence-electron chi connectivity index (χ4n) is 5.84. The van der Waals surface area contributed by atoms with Crippen molar-refractivity contribution < 1.29 is 0 Å². The van der Waals surface area contributed by atoms with Crippen LogP contribution in [0.3, 0.4) is 0 Å². The number of hydrogen-bond acceptors (Lipinski definition) is 16. The Balaban J connectivity index is 6.19. The monoisotopic (exact) mass is 663 g/mol. The molecular weight excluding hydrogens is 584 g/mol. The Kier molecular flexibility index (Phi) is 27.8. The van der Waals surface area contributed by atoms with Crippen LogP contribution in [-0.4, -0.2) is 161 Å². The molecule has 0 spiro atoms. The number of nitrogens with two attached hydrogens (primary N) is 12. The standard InChI is InChI=1S/C30H78N16/c1-23(46(13-7-24(37)14-36)20-29(42)6-12-35)16-44(17-26(39)3-9-32)21-30(43-15-25(38)2-8-31)22-45(18-27(40)4-10-33)19-28(41)5-11-34/h23-30,43H,2-22,31-42H2,1H3. The van der Waals surface area contributed by atoms with Crippen molar-refractivity contribution in [3.63, 3.8) is 0 Å². The van der Waals surface area contributed by atoms with Gasteiger partial charge in [-0.15, -0.1) is 0 Å². The van der Waals surface area contributed by atoms with E-state index in [0.717, 1.165) is 71.2 Å². The van der Waals surface area contributed by atoms with Crippen molar-refractivity contribution in [3.8, 4) is 0 Å². The molecule has 0 saturated heterocycles. The Morgan fingerprint density at radius 3 is 1.26 bits per heavy atom. The summed E-state index contributed by atoms with van der Waals surface area (Å²) in [5.74, 6) is 0. The van der Waals surface area contributed by atoms with Crippen molar-refractivity contribution in [2.75, 3.05) is 98.2 Å². The van der Waals surface area contributed by atoms with Gasteiger partial charge in [-0.1, -0.05) is 0 Å². The zero-order valence-electron chi connectivity index (χ0n) is 29.2. The Labute approximate surface area is 280 Å². The molecule has 0 fully saturated rings. The van der Waals surface area contributed by atoms with Crippen molar-refractivity contribution in [1.82, 2.24) is 20.0 Å². The molecule has 0 aromatic heterocycles. The van der Waals surface area contributed by atoms with Crippen LogP contribution >= 0.6 is 0 Å². The zero-order chi connectivity index (χ0) is 34.9. The summed E-state index contributed by atoms with van der Waals surface area (Å²) in [6.45, 7) is 11.8. The number of hydrogen-bond donors (Lipinski definition) is 13. The van der Waals surface area contributed by atoms with E-state index in [2.05, 4.69) is 26.9 Å². The minimum absolute atomic E-state index is 0.0306. The van der Waals surface area contributed by atoms with E-state index in [0.29, 0.717) is 65.4 Å². The zero-order valence-corrected chi connectivity index (χ0v) is 29.2. The predicted octanol–water partition coefficient (Wildman–Crippen LogP) is -5.70. The van der Waals surface area contributed by atoms with Crippen molar-refractivity contribution >= 4 is 0 Å². The van der Waals surface area contributed by atoms with Gasteiger partial charge in [-0.25, -0.2) is 0 Å². The van der Waals surface area contributed by atoms with Crippen LogP contribution in [-0.2, 0) is 0 Å². The maximum absolute atomic E-state index is 6.59. The van der Waals surface area contributed by atoms with E-state index >= 15 is 0 Å². The van der Waals surface area contributed by atoms with Gasteiger partial charge >= 0.3 is 0 Å². The van der Waals surface area contributed by atoms with Gasteiger partial charge in [-0.2, -0.15) is 0 Å². The summed E-state index contributed by atoms with van der Waals surface area (Å²) < 4.78 is 0. The lowest BCUT2D eigenvalue weighted by Crippen LogP contribution is -2.57. The summed E-state index contributed by atoms with van der Waals surface area (Å²) in [5.41, 5.74) is 73.6. The molecule has 16 nitrogen and oxygen atoms in total. The lowest BCUT2D eigenvalue weighted by molar-refractivity contribution is 0.116. The van der Waals surface area contributed by atoms with Gasteiger partial charge in [0.25, 0.3) is 0 Å². The molecule has 278 valence electrons. The molecule has 8 unspecified atom stereocenters. The molecule has 0 aromatic rings. The van der Waals surface area contributed by atoms with Crippen molar-refractivity contribution in [2.45, 2.75) is 93.8 Å². The Morgan fingerprint density at radius 2 is 0.848 bits per heavy atom. The molecule has 0 bridgehead atoms. The summed E-state index contributed by atoms with van der Waals surface area (Å²) >= 11 is 0. The fourth-order valence-corrected chi connectivity index (χ4v) is 5.84. The highest BCUT2D eigenvalue weighted by molar-refractivity contribution is 4.86. The largest absolute Gasteiger partial charge is 0.330 e. The predicted molar refractivity (Wildman–Crippen MR) is 196 cm³/mol. The number of nitrogens with zero attached hydrogens (tertiary/aromatic N) is 3. The topological polar surface area (TPSA) is 334 Å². The van der Waals surface area contributed by atoms with Gasteiger partial charge < -0.3 is 74.1 Å². The smallest absolute Gasteiger partial charge is 0.0323 e. The summed E-state index contributed by atoms with van der Waals surface area (Å²) in [6, 6.07) is -0.117. The highest BCUT2D eigenvalue weighted by atomic mass is 15.3. The van der Waals surface area contributed by atoms with Gasteiger partial charge in [0.1, 0.15) is 0 Å². The lowest BCUT2D eigenvalue weighted by Gasteiger charge is -2.39. The number of nitrogens with one attached hydrogen (secondary N) is 1. The van der Waals surface area contributed by atoms with E-state index in [-0.39, 0.29) is 48.3 Å². The van der Waals surface area contributed by atoms with Crippen LogP contribution in [0.1, 0.15) is 45.4 Å². The average Bonchev–Trinajstić information content (AvgIpc) is 2.98. The maximum Gasteiger partial charge on any atom is 0.0323 e. The fraction of sp³-hybridized carbons (Fsp3) is 1.00. The minimum Gasteiger partial charge on any atom is -0.330 e. The second-order valence-electron chi connectivity index (χ2n) is 13.4. The average molecular weight is 663 g/mol. The van der Waals surface area contributed by atoms with Gasteiger partial charge in [0.15, 0.2) is 0 Å². The van der Waals surface area contributed by atoms with E-state index in [1.54, 1.807) is 0 Å². The molecule has 8 atom stereocenters. The maximum atomic E-state index is 6.59. The van der Waals surface area contributed by atoms with Gasteiger partial charge in [-0.05, 0) is 78.2 Å². The molecule has 0 heterocycles. The molecule has 0 radical (unpaired) electrons. The van der Waals surface area contributed by atoms with Crippen LogP contribution in [0.25, 0.3) is 0 Å². The molecule has 16 heteroatoms. The quantitative estimate of drug-likeness (QED) is 0.0319. The molecule has 0 aromatic carbocycles. The first-order valence-corrected chi connectivity index (χ1v) is 17.6. The first-order valence-electron chi connectivity index (χ1n) is 17.6. The normalized spacial score (nSPS) is 17.7. The third-order valence-electron chi connectivity index (χ3n) is 8.50. The van der Waals surface area contributed by atoms with E-state index in [1.165, 1.54) is 0 Å². The molecule has 0 aliphatic rings. The molecule has 0 saturated carbocycles. The number of rotatable bonds is 32. The highest BCUT2D eigenvalue weighted by Crippen LogP contribution is 2.10. The third-order valence-corrected chi connectivity index (χ3v) is 8.50. The Bertz CT molecular complexity index is 665. The van der Waals surface area contributed by atoms with Crippen LogP contribution in [0.15, 0.2) is 0 Å². The molecule has 0 amide bonds. The molecule has 25 N–H and O–H groups in total. The van der Waals surface area contributed by atoms with Gasteiger partial charge in [-0.3, -0.25) is 14.7 Å². The van der Waals surface area contributed by atoms with Gasteiger partial charge in [0.05, 0.1) is 0 Å². The van der Waals surface area contributed by atoms with Gasteiger partial charge in [0.2, 0.25) is 0 Å². The van der Waals surface area contributed by atoms with Crippen LogP contribution in [0, 0.1) is 0 Å². The first kappa shape index (κ1) is 45.4. The second-order valence-corrected chi connectivity index (χ2v) is 13.4. The van der Waals surface area contributed by atoms with Crippen LogP contribution in [0.2, 0.25) is 0 Å². The Hall–Kier alpha value is -0.640. The summed E-state index contributed by atoms with van der Waals surface area (Å²) in [5, 5.41) is 3.74. The van der Waals surface area contributed by atoms with Crippen LogP contribution < -0.4 is 74.1 Å². The molecule has 0 rings (SSSR count). The Morgan fingerprint density at radius 1 is 0.457 bits per heavy atom. The van der Waals surface area contributed by atoms with E-state index in [1.807, 2.05) is 0 Å². The van der Waals surface area contributed by atoms with E-state index < -0.39 is 0 Å².